The number of carbonyl (C=O) groups is 3. The van der Waals surface area contributed by atoms with Gasteiger partial charge in [-0.3, -0.25) is 14.4 Å². The van der Waals surface area contributed by atoms with Crippen molar-refractivity contribution in [2.45, 2.75) is 26.8 Å². The molecule has 0 fully saturated rings. The van der Waals surface area contributed by atoms with Crippen molar-refractivity contribution in [1.29, 1.82) is 0 Å². The summed E-state index contributed by atoms with van der Waals surface area (Å²) in [7, 11) is 0. The van der Waals surface area contributed by atoms with Crippen molar-refractivity contribution >= 4 is 17.7 Å². The van der Waals surface area contributed by atoms with Crippen molar-refractivity contribution in [1.82, 2.24) is 16.0 Å². The molecule has 3 N–H and O–H groups in total. The molecule has 1 aromatic rings. The van der Waals surface area contributed by atoms with Crippen LogP contribution in [0.5, 0.6) is 0 Å². The van der Waals surface area contributed by atoms with Gasteiger partial charge in [0.1, 0.15) is 11.9 Å². The van der Waals surface area contributed by atoms with Gasteiger partial charge < -0.3 is 16.0 Å². The van der Waals surface area contributed by atoms with Crippen LogP contribution in [0.2, 0.25) is 0 Å². The summed E-state index contributed by atoms with van der Waals surface area (Å²) in [5.74, 6) is -1.49. The summed E-state index contributed by atoms with van der Waals surface area (Å²) in [6, 6.07) is 3.59. The molecule has 0 aliphatic carbocycles. The quantitative estimate of drug-likeness (QED) is 0.669. The van der Waals surface area contributed by atoms with Gasteiger partial charge in [0.05, 0.1) is 0 Å². The Hall–Kier alpha value is -2.44. The summed E-state index contributed by atoms with van der Waals surface area (Å²) in [5.41, 5.74) is 0.691. The lowest BCUT2D eigenvalue weighted by Gasteiger charge is -2.13. The number of rotatable bonds is 6. The highest BCUT2D eigenvalue weighted by Crippen LogP contribution is 2.08. The van der Waals surface area contributed by atoms with Crippen LogP contribution in [0, 0.1) is 12.7 Å². The van der Waals surface area contributed by atoms with E-state index in [9.17, 15) is 18.8 Å². The zero-order valence-electron chi connectivity index (χ0n) is 12.8. The minimum atomic E-state index is -0.639. The molecule has 120 valence electrons. The summed E-state index contributed by atoms with van der Waals surface area (Å²) in [6.45, 7) is 4.91. The number of nitrogens with one attached hydrogen (secondary N) is 3. The fourth-order valence-corrected chi connectivity index (χ4v) is 1.72. The summed E-state index contributed by atoms with van der Waals surface area (Å²) in [6.07, 6.45) is 0. The SMILES string of the molecule is CC(=O)NC(C)C(=O)NCCNC(=O)c1ccc(C)c(F)c1. The molecule has 0 bridgehead atoms. The number of halogens is 1. The van der Waals surface area contributed by atoms with Crippen LogP contribution in [-0.4, -0.2) is 36.9 Å². The molecule has 1 aromatic carbocycles. The number of aryl methyl sites for hydroxylation is 1. The van der Waals surface area contributed by atoms with Gasteiger partial charge in [0, 0.05) is 25.6 Å². The Bertz CT molecular complexity index is 575. The van der Waals surface area contributed by atoms with E-state index in [1.165, 1.54) is 25.1 Å². The first-order chi connectivity index (χ1) is 10.3. The second kappa shape index (κ2) is 8.11. The van der Waals surface area contributed by atoms with Gasteiger partial charge in [-0.1, -0.05) is 6.07 Å². The van der Waals surface area contributed by atoms with Crippen LogP contribution >= 0.6 is 0 Å². The van der Waals surface area contributed by atoms with E-state index in [2.05, 4.69) is 16.0 Å². The van der Waals surface area contributed by atoms with Crippen LogP contribution in [-0.2, 0) is 9.59 Å². The van der Waals surface area contributed by atoms with E-state index in [4.69, 9.17) is 0 Å². The Morgan fingerprint density at radius 3 is 2.41 bits per heavy atom. The molecule has 0 radical (unpaired) electrons. The zero-order valence-corrected chi connectivity index (χ0v) is 12.8. The second-order valence-electron chi connectivity index (χ2n) is 4.93. The second-order valence-corrected chi connectivity index (χ2v) is 4.93. The van der Waals surface area contributed by atoms with Crippen LogP contribution in [0.1, 0.15) is 29.8 Å². The zero-order chi connectivity index (χ0) is 16.7. The molecule has 1 unspecified atom stereocenters. The lowest BCUT2D eigenvalue weighted by molar-refractivity contribution is -0.127. The van der Waals surface area contributed by atoms with Crippen molar-refractivity contribution in [3.05, 3.63) is 35.1 Å². The smallest absolute Gasteiger partial charge is 0.251 e. The number of hydrogen-bond donors (Lipinski definition) is 3. The molecule has 0 heterocycles. The van der Waals surface area contributed by atoms with Gasteiger partial charge in [0.25, 0.3) is 5.91 Å². The Morgan fingerprint density at radius 2 is 1.82 bits per heavy atom. The lowest BCUT2D eigenvalue weighted by Crippen LogP contribution is -2.46. The van der Waals surface area contributed by atoms with Gasteiger partial charge in [-0.05, 0) is 31.5 Å². The molecule has 0 saturated heterocycles. The molecule has 0 aliphatic rings. The molecule has 3 amide bonds. The normalized spacial score (nSPS) is 11.5. The molecule has 0 saturated carbocycles. The first-order valence-electron chi connectivity index (χ1n) is 6.90. The Morgan fingerprint density at radius 1 is 1.18 bits per heavy atom. The molecule has 22 heavy (non-hydrogen) atoms. The molecule has 0 spiro atoms. The van der Waals surface area contributed by atoms with E-state index in [-0.39, 0.29) is 30.5 Å². The van der Waals surface area contributed by atoms with E-state index >= 15 is 0 Å². The van der Waals surface area contributed by atoms with Crippen molar-refractivity contribution < 1.29 is 18.8 Å². The predicted molar refractivity (Wildman–Crippen MR) is 79.8 cm³/mol. The number of amides is 3. The molecular weight excluding hydrogens is 289 g/mol. The van der Waals surface area contributed by atoms with Gasteiger partial charge in [-0.2, -0.15) is 0 Å². The molecule has 0 aromatic heterocycles. The fourth-order valence-electron chi connectivity index (χ4n) is 1.72. The highest BCUT2D eigenvalue weighted by Gasteiger charge is 2.13. The minimum Gasteiger partial charge on any atom is -0.353 e. The maximum atomic E-state index is 13.4. The van der Waals surface area contributed by atoms with E-state index in [0.29, 0.717) is 5.56 Å². The van der Waals surface area contributed by atoms with Crippen molar-refractivity contribution in [2.24, 2.45) is 0 Å². The highest BCUT2D eigenvalue weighted by atomic mass is 19.1. The van der Waals surface area contributed by atoms with Crippen molar-refractivity contribution in [3.8, 4) is 0 Å². The van der Waals surface area contributed by atoms with Gasteiger partial charge in [0.15, 0.2) is 0 Å². The average molecular weight is 309 g/mol. The van der Waals surface area contributed by atoms with Gasteiger partial charge in [-0.25, -0.2) is 4.39 Å². The first kappa shape index (κ1) is 17.6. The fraction of sp³-hybridized carbons (Fsp3) is 0.400. The van der Waals surface area contributed by atoms with Crippen LogP contribution in [0.25, 0.3) is 0 Å². The van der Waals surface area contributed by atoms with Gasteiger partial charge in [-0.15, -0.1) is 0 Å². The Balaban J connectivity index is 2.35. The third kappa shape index (κ3) is 5.51. The number of benzene rings is 1. The maximum absolute atomic E-state index is 13.4. The molecule has 1 rings (SSSR count). The summed E-state index contributed by atoms with van der Waals surface area (Å²) in [4.78, 5) is 34.2. The topological polar surface area (TPSA) is 87.3 Å². The summed E-state index contributed by atoms with van der Waals surface area (Å²) < 4.78 is 13.4. The monoisotopic (exact) mass is 309 g/mol. The summed E-state index contributed by atoms with van der Waals surface area (Å²) >= 11 is 0. The molecular formula is C15H20FN3O3. The molecule has 0 aliphatic heterocycles. The van der Waals surface area contributed by atoms with Crippen molar-refractivity contribution in [2.75, 3.05) is 13.1 Å². The highest BCUT2D eigenvalue weighted by molar-refractivity contribution is 5.94. The average Bonchev–Trinajstić information content (AvgIpc) is 2.45. The third-order valence-corrected chi connectivity index (χ3v) is 2.96. The van der Waals surface area contributed by atoms with Crippen LogP contribution < -0.4 is 16.0 Å². The van der Waals surface area contributed by atoms with Crippen LogP contribution in [0.15, 0.2) is 18.2 Å². The van der Waals surface area contributed by atoms with Crippen molar-refractivity contribution in [3.63, 3.8) is 0 Å². The molecule has 1 atom stereocenters. The largest absolute Gasteiger partial charge is 0.353 e. The van der Waals surface area contributed by atoms with E-state index in [1.54, 1.807) is 13.8 Å². The van der Waals surface area contributed by atoms with E-state index in [1.807, 2.05) is 0 Å². The lowest BCUT2D eigenvalue weighted by atomic mass is 10.1. The minimum absolute atomic E-state index is 0.201. The molecule has 6 nitrogen and oxygen atoms in total. The summed E-state index contributed by atoms with van der Waals surface area (Å²) in [5, 5.41) is 7.60. The van der Waals surface area contributed by atoms with Gasteiger partial charge in [0.2, 0.25) is 11.8 Å². The van der Waals surface area contributed by atoms with E-state index in [0.717, 1.165) is 0 Å². The molecule has 7 heteroatoms. The standard InChI is InChI=1S/C15H20FN3O3/c1-9-4-5-12(8-13(9)16)15(22)18-7-6-17-14(21)10(2)19-11(3)20/h4-5,8,10H,6-7H2,1-3H3,(H,17,21)(H,18,22)(H,19,20). The number of carbonyl (C=O) groups excluding carboxylic acids is 3. The van der Waals surface area contributed by atoms with Crippen LogP contribution in [0.3, 0.4) is 0 Å². The van der Waals surface area contributed by atoms with Gasteiger partial charge >= 0.3 is 0 Å². The maximum Gasteiger partial charge on any atom is 0.251 e. The Kier molecular flexibility index (Phi) is 6.49. The third-order valence-electron chi connectivity index (χ3n) is 2.96. The predicted octanol–water partition coefficient (Wildman–Crippen LogP) is 0.505. The van der Waals surface area contributed by atoms with E-state index < -0.39 is 17.8 Å². The first-order valence-corrected chi connectivity index (χ1v) is 6.90. The van der Waals surface area contributed by atoms with Crippen LogP contribution in [0.4, 0.5) is 4.39 Å². The number of hydrogen-bond acceptors (Lipinski definition) is 3. The Labute approximate surface area is 128 Å².